The van der Waals surface area contributed by atoms with Crippen molar-refractivity contribution in [3.63, 3.8) is 0 Å². The lowest BCUT2D eigenvalue weighted by molar-refractivity contribution is -0.123. The van der Waals surface area contributed by atoms with Gasteiger partial charge in [0.25, 0.3) is 11.8 Å². The molecular formula is C24H24BrN3O6. The highest BCUT2D eigenvalue weighted by atomic mass is 79.9. The summed E-state index contributed by atoms with van der Waals surface area (Å²) in [6.45, 7) is 3.85. The highest BCUT2D eigenvalue weighted by Gasteiger charge is 2.25. The molecule has 1 unspecified atom stereocenters. The van der Waals surface area contributed by atoms with Crippen molar-refractivity contribution in [2.24, 2.45) is 11.0 Å². The largest absolute Gasteiger partial charge is 0.493 e. The zero-order valence-electron chi connectivity index (χ0n) is 18.9. The van der Waals surface area contributed by atoms with Crippen LogP contribution in [0.3, 0.4) is 0 Å². The highest BCUT2D eigenvalue weighted by Crippen LogP contribution is 2.36. The molecule has 0 spiro atoms. The van der Waals surface area contributed by atoms with Crippen molar-refractivity contribution in [2.45, 2.75) is 19.9 Å². The molecule has 0 radical (unpaired) electrons. The number of terminal acetylenes is 1. The summed E-state index contributed by atoms with van der Waals surface area (Å²) in [5, 5.41) is 6.76. The molecule has 2 amide bonds. The average molecular weight is 530 g/mol. The van der Waals surface area contributed by atoms with Crippen molar-refractivity contribution in [1.82, 2.24) is 10.7 Å². The van der Waals surface area contributed by atoms with Crippen LogP contribution in [0.25, 0.3) is 0 Å². The van der Waals surface area contributed by atoms with Gasteiger partial charge < -0.3 is 24.3 Å². The Morgan fingerprint density at radius 2 is 2.03 bits per heavy atom. The molecule has 0 aromatic heterocycles. The summed E-state index contributed by atoms with van der Waals surface area (Å²) in [7, 11) is 1.50. The third-order valence-electron chi connectivity index (χ3n) is 4.81. The maximum atomic E-state index is 12.7. The Balaban J connectivity index is 1.66. The van der Waals surface area contributed by atoms with Crippen LogP contribution >= 0.6 is 15.9 Å². The molecule has 3 rings (SSSR count). The number of carbonyl (C=O) groups excluding carboxylic acids is 2. The number of carbonyl (C=O) groups is 2. The van der Waals surface area contributed by atoms with E-state index in [0.717, 1.165) is 0 Å². The molecule has 1 heterocycles. The molecular weight excluding hydrogens is 506 g/mol. The zero-order valence-corrected chi connectivity index (χ0v) is 20.5. The minimum atomic E-state index is -0.809. The Morgan fingerprint density at radius 1 is 1.26 bits per heavy atom. The van der Waals surface area contributed by atoms with Gasteiger partial charge >= 0.3 is 0 Å². The van der Waals surface area contributed by atoms with E-state index in [4.69, 9.17) is 25.4 Å². The van der Waals surface area contributed by atoms with Gasteiger partial charge in [0, 0.05) is 5.56 Å². The number of amides is 2. The summed E-state index contributed by atoms with van der Waals surface area (Å²) in [6.07, 6.45) is 6.69. The number of benzene rings is 2. The molecule has 2 aromatic rings. The standard InChI is InChI=1S/C24H24BrN3O6/c1-5-8-32-22-17(25)9-15(10-20(22)31-4)12-26-28-24(30)21(14(2)3)27-23(29)16-6-7-18-19(11-16)34-13-33-18/h1,6-7,9-12,14,21H,8,13H2,2-4H3,(H,27,29)(H,28,30)/b26-12+. The Morgan fingerprint density at radius 3 is 2.74 bits per heavy atom. The molecule has 0 saturated heterocycles. The number of hydrogen-bond donors (Lipinski definition) is 2. The molecule has 0 aliphatic carbocycles. The van der Waals surface area contributed by atoms with Crippen molar-refractivity contribution in [2.75, 3.05) is 20.5 Å². The van der Waals surface area contributed by atoms with E-state index in [2.05, 4.69) is 37.7 Å². The molecule has 178 valence electrons. The first-order chi connectivity index (χ1) is 16.3. The van der Waals surface area contributed by atoms with Crippen LogP contribution in [0, 0.1) is 18.3 Å². The average Bonchev–Trinajstić information content (AvgIpc) is 3.29. The van der Waals surface area contributed by atoms with E-state index in [-0.39, 0.29) is 19.3 Å². The van der Waals surface area contributed by atoms with Crippen LogP contribution < -0.4 is 29.7 Å². The van der Waals surface area contributed by atoms with Gasteiger partial charge in [0.2, 0.25) is 6.79 Å². The lowest BCUT2D eigenvalue weighted by Gasteiger charge is -2.20. The molecule has 0 fully saturated rings. The molecule has 34 heavy (non-hydrogen) atoms. The van der Waals surface area contributed by atoms with E-state index < -0.39 is 17.9 Å². The summed E-state index contributed by atoms with van der Waals surface area (Å²) < 4.78 is 22.0. The van der Waals surface area contributed by atoms with Crippen LogP contribution in [0.1, 0.15) is 29.8 Å². The number of hydrogen-bond acceptors (Lipinski definition) is 7. The third kappa shape index (κ3) is 5.99. The monoisotopic (exact) mass is 529 g/mol. The van der Waals surface area contributed by atoms with Crippen LogP contribution in [0.4, 0.5) is 0 Å². The van der Waals surface area contributed by atoms with Gasteiger partial charge in [-0.15, -0.1) is 6.42 Å². The fourth-order valence-corrected chi connectivity index (χ4v) is 3.68. The quantitative estimate of drug-likeness (QED) is 0.293. The summed E-state index contributed by atoms with van der Waals surface area (Å²) in [5.41, 5.74) is 3.47. The lowest BCUT2D eigenvalue weighted by Crippen LogP contribution is -2.48. The van der Waals surface area contributed by atoms with Crippen molar-refractivity contribution in [3.8, 4) is 35.3 Å². The van der Waals surface area contributed by atoms with Crippen LogP contribution in [-0.4, -0.2) is 44.6 Å². The number of hydrazone groups is 1. The van der Waals surface area contributed by atoms with Crippen LogP contribution in [-0.2, 0) is 4.79 Å². The van der Waals surface area contributed by atoms with Crippen LogP contribution in [0.5, 0.6) is 23.0 Å². The molecule has 2 N–H and O–H groups in total. The van der Waals surface area contributed by atoms with Gasteiger partial charge in [0.1, 0.15) is 12.6 Å². The normalized spacial score (nSPS) is 12.8. The number of halogens is 1. The predicted molar refractivity (Wildman–Crippen MR) is 129 cm³/mol. The molecule has 1 aliphatic heterocycles. The van der Waals surface area contributed by atoms with E-state index >= 15 is 0 Å². The van der Waals surface area contributed by atoms with Crippen LogP contribution in [0.2, 0.25) is 0 Å². The van der Waals surface area contributed by atoms with Crippen molar-refractivity contribution in [1.29, 1.82) is 0 Å². The summed E-state index contributed by atoms with van der Waals surface area (Å²) in [4.78, 5) is 25.4. The first-order valence-electron chi connectivity index (χ1n) is 10.3. The number of nitrogens with one attached hydrogen (secondary N) is 2. The van der Waals surface area contributed by atoms with Gasteiger partial charge in [-0.1, -0.05) is 19.8 Å². The predicted octanol–water partition coefficient (Wildman–Crippen LogP) is 3.10. The van der Waals surface area contributed by atoms with E-state index in [1.807, 2.05) is 13.8 Å². The van der Waals surface area contributed by atoms with E-state index in [1.54, 1.807) is 30.3 Å². The summed E-state index contributed by atoms with van der Waals surface area (Å²) >= 11 is 3.41. The third-order valence-corrected chi connectivity index (χ3v) is 5.40. The zero-order chi connectivity index (χ0) is 24.7. The Labute approximate surface area is 205 Å². The fraction of sp³-hybridized carbons (Fsp3) is 0.292. The Hall–Kier alpha value is -3.71. The Bertz CT molecular complexity index is 1140. The van der Waals surface area contributed by atoms with Gasteiger partial charge in [-0.2, -0.15) is 5.10 Å². The SMILES string of the molecule is C#CCOc1c(Br)cc(/C=N/NC(=O)C(NC(=O)c2ccc3c(c2)OCO3)C(C)C)cc1OC. The molecule has 10 heteroatoms. The number of ether oxygens (including phenoxy) is 4. The van der Waals surface area contributed by atoms with Gasteiger partial charge in [0.15, 0.2) is 23.0 Å². The fourth-order valence-electron chi connectivity index (χ4n) is 3.11. The van der Waals surface area contributed by atoms with E-state index in [9.17, 15) is 9.59 Å². The number of fused-ring (bicyclic) bond motifs is 1. The Kier molecular flexibility index (Phi) is 8.38. The molecule has 1 aliphatic rings. The van der Waals surface area contributed by atoms with Gasteiger partial charge in [-0.3, -0.25) is 9.59 Å². The van der Waals surface area contributed by atoms with Crippen molar-refractivity contribution in [3.05, 3.63) is 45.9 Å². The van der Waals surface area contributed by atoms with Crippen LogP contribution in [0.15, 0.2) is 39.9 Å². The van der Waals surface area contributed by atoms with Crippen molar-refractivity contribution >= 4 is 34.0 Å². The minimum Gasteiger partial charge on any atom is -0.493 e. The lowest BCUT2D eigenvalue weighted by atomic mass is 10.0. The molecule has 0 saturated carbocycles. The number of rotatable bonds is 9. The maximum Gasteiger partial charge on any atom is 0.262 e. The van der Waals surface area contributed by atoms with Gasteiger partial charge in [-0.25, -0.2) is 5.43 Å². The van der Waals surface area contributed by atoms with E-state index in [1.165, 1.54) is 13.3 Å². The number of methoxy groups -OCH3 is 1. The maximum absolute atomic E-state index is 12.7. The molecule has 9 nitrogen and oxygen atoms in total. The van der Waals surface area contributed by atoms with Gasteiger partial charge in [-0.05, 0) is 57.7 Å². The van der Waals surface area contributed by atoms with Gasteiger partial charge in [0.05, 0.1) is 17.8 Å². The van der Waals surface area contributed by atoms with Crippen molar-refractivity contribution < 1.29 is 28.5 Å². The first-order valence-corrected chi connectivity index (χ1v) is 11.1. The second-order valence-corrected chi connectivity index (χ2v) is 8.38. The molecule has 1 atom stereocenters. The summed E-state index contributed by atoms with van der Waals surface area (Å²) in [5.74, 6) is 3.32. The minimum absolute atomic E-state index is 0.0903. The second kappa shape index (κ2) is 11.4. The first kappa shape index (κ1) is 24.9. The number of nitrogens with zero attached hydrogens (tertiary/aromatic N) is 1. The van der Waals surface area contributed by atoms with E-state index in [0.29, 0.717) is 38.6 Å². The summed E-state index contributed by atoms with van der Waals surface area (Å²) in [6, 6.07) is 7.46. The second-order valence-electron chi connectivity index (χ2n) is 7.52. The topological polar surface area (TPSA) is 107 Å². The highest BCUT2D eigenvalue weighted by molar-refractivity contribution is 9.10. The molecule has 2 aromatic carbocycles. The smallest absolute Gasteiger partial charge is 0.262 e. The molecule has 0 bridgehead atoms.